The first kappa shape index (κ1) is 12.8. The second-order valence-electron chi connectivity index (χ2n) is 5.90. The molecule has 4 rings (SSSR count). The molecular formula is C15H18N4O2. The zero-order valence-corrected chi connectivity index (χ0v) is 12.2. The minimum Gasteiger partial charge on any atom is -0.375 e. The van der Waals surface area contributed by atoms with Crippen LogP contribution >= 0.6 is 0 Å². The molecule has 0 aromatic carbocycles. The van der Waals surface area contributed by atoms with Crippen LogP contribution in [0.3, 0.4) is 0 Å². The van der Waals surface area contributed by atoms with Crippen LogP contribution in [0.5, 0.6) is 0 Å². The van der Waals surface area contributed by atoms with Crippen LogP contribution in [0.1, 0.15) is 35.8 Å². The summed E-state index contributed by atoms with van der Waals surface area (Å²) in [6.07, 6.45) is 4.81. The van der Waals surface area contributed by atoms with Crippen LogP contribution in [0.15, 0.2) is 12.3 Å². The summed E-state index contributed by atoms with van der Waals surface area (Å²) in [4.78, 5) is 18.8. The molecule has 0 spiro atoms. The van der Waals surface area contributed by atoms with Gasteiger partial charge >= 0.3 is 0 Å². The number of aromatic nitrogens is 3. The van der Waals surface area contributed by atoms with E-state index in [-0.39, 0.29) is 24.6 Å². The number of rotatable bonds is 2. The lowest BCUT2D eigenvalue weighted by Crippen LogP contribution is -2.44. The molecule has 21 heavy (non-hydrogen) atoms. The number of hydrogen-bond acceptors (Lipinski definition) is 4. The second kappa shape index (κ2) is 4.53. The van der Waals surface area contributed by atoms with Crippen LogP contribution in [-0.2, 0) is 16.0 Å². The first-order valence-corrected chi connectivity index (χ1v) is 7.33. The second-order valence-corrected chi connectivity index (χ2v) is 5.90. The molecule has 2 aromatic rings. The van der Waals surface area contributed by atoms with Crippen molar-refractivity contribution in [2.75, 3.05) is 13.7 Å². The number of carbonyl (C=O) groups is 1. The number of ether oxygens (including phenoxy) is 1. The van der Waals surface area contributed by atoms with E-state index in [9.17, 15) is 4.79 Å². The van der Waals surface area contributed by atoms with Gasteiger partial charge in [-0.1, -0.05) is 0 Å². The van der Waals surface area contributed by atoms with Crippen LogP contribution in [0.4, 0.5) is 0 Å². The minimum atomic E-state index is 0.0763. The van der Waals surface area contributed by atoms with Gasteiger partial charge in [0.05, 0.1) is 17.4 Å². The Morgan fingerprint density at radius 3 is 3.14 bits per heavy atom. The Bertz CT molecular complexity index is 724. The van der Waals surface area contributed by atoms with Gasteiger partial charge in [-0.25, -0.2) is 9.50 Å². The van der Waals surface area contributed by atoms with Gasteiger partial charge in [0, 0.05) is 37.4 Å². The first-order chi connectivity index (χ1) is 10.2. The molecule has 2 aromatic heterocycles. The third kappa shape index (κ3) is 1.78. The van der Waals surface area contributed by atoms with Crippen LogP contribution < -0.4 is 0 Å². The quantitative estimate of drug-likeness (QED) is 0.834. The molecule has 2 atom stereocenters. The summed E-state index contributed by atoms with van der Waals surface area (Å²) in [5.41, 5.74) is 4.22. The number of amides is 1. The third-order valence-corrected chi connectivity index (χ3v) is 4.58. The summed E-state index contributed by atoms with van der Waals surface area (Å²) in [6.45, 7) is 2.13. The van der Waals surface area contributed by atoms with Crippen molar-refractivity contribution in [1.82, 2.24) is 19.5 Å². The van der Waals surface area contributed by atoms with Crippen molar-refractivity contribution in [3.05, 3.63) is 29.2 Å². The van der Waals surface area contributed by atoms with Crippen LogP contribution in [0.2, 0.25) is 0 Å². The standard InChI is InChI=1S/C15H18N4O2/c1-9-5-14-16-7-11-12-4-3-10(6-13(11)19(14)17-9)18(12)15(20)8-21-2/h5,7,10,12H,3-4,6,8H2,1-2H3. The molecule has 1 amide bonds. The van der Waals surface area contributed by atoms with Gasteiger partial charge in [0.15, 0.2) is 5.65 Å². The molecule has 110 valence electrons. The first-order valence-electron chi connectivity index (χ1n) is 7.33. The zero-order valence-electron chi connectivity index (χ0n) is 12.2. The van der Waals surface area contributed by atoms with Crippen LogP contribution in [-0.4, -0.2) is 45.2 Å². The molecule has 6 nitrogen and oxygen atoms in total. The molecule has 2 bridgehead atoms. The van der Waals surface area contributed by atoms with Gasteiger partial charge in [0.2, 0.25) is 5.91 Å². The summed E-state index contributed by atoms with van der Waals surface area (Å²) in [5.74, 6) is 0.0763. The van der Waals surface area contributed by atoms with E-state index in [1.54, 1.807) is 7.11 Å². The fraction of sp³-hybridized carbons (Fsp3) is 0.533. The smallest absolute Gasteiger partial charge is 0.249 e. The fourth-order valence-electron chi connectivity index (χ4n) is 3.78. The number of carbonyl (C=O) groups excluding carboxylic acids is 1. The molecule has 1 fully saturated rings. The van der Waals surface area contributed by atoms with Crippen molar-refractivity contribution in [2.24, 2.45) is 0 Å². The van der Waals surface area contributed by atoms with E-state index in [1.165, 1.54) is 5.69 Å². The molecule has 0 N–H and O–H groups in total. The lowest BCUT2D eigenvalue weighted by Gasteiger charge is -2.36. The van der Waals surface area contributed by atoms with Crippen LogP contribution in [0, 0.1) is 6.92 Å². The van der Waals surface area contributed by atoms with E-state index >= 15 is 0 Å². The van der Waals surface area contributed by atoms with Gasteiger partial charge in [0.1, 0.15) is 6.61 Å². The van der Waals surface area contributed by atoms with E-state index in [0.717, 1.165) is 36.2 Å². The Labute approximate surface area is 122 Å². The normalized spacial score (nSPS) is 23.6. The number of nitrogens with zero attached hydrogens (tertiary/aromatic N) is 4. The molecule has 2 aliphatic heterocycles. The Morgan fingerprint density at radius 1 is 1.48 bits per heavy atom. The summed E-state index contributed by atoms with van der Waals surface area (Å²) >= 11 is 0. The molecule has 4 heterocycles. The lowest BCUT2D eigenvalue weighted by atomic mass is 9.99. The van der Waals surface area contributed by atoms with Crippen molar-refractivity contribution in [2.45, 2.75) is 38.3 Å². The van der Waals surface area contributed by atoms with Gasteiger partial charge < -0.3 is 9.64 Å². The van der Waals surface area contributed by atoms with Crippen molar-refractivity contribution >= 4 is 11.6 Å². The summed E-state index contributed by atoms with van der Waals surface area (Å²) in [6, 6.07) is 2.38. The highest BCUT2D eigenvalue weighted by Crippen LogP contribution is 2.43. The molecule has 1 saturated heterocycles. The fourth-order valence-corrected chi connectivity index (χ4v) is 3.78. The lowest BCUT2D eigenvalue weighted by molar-refractivity contribution is -0.138. The van der Waals surface area contributed by atoms with E-state index < -0.39 is 0 Å². The summed E-state index contributed by atoms with van der Waals surface area (Å²) in [5, 5.41) is 4.56. The minimum absolute atomic E-state index is 0.0763. The Balaban J connectivity index is 1.81. The van der Waals surface area contributed by atoms with Gasteiger partial charge in [-0.2, -0.15) is 5.10 Å². The van der Waals surface area contributed by atoms with Gasteiger partial charge in [-0.3, -0.25) is 4.79 Å². The highest BCUT2D eigenvalue weighted by Gasteiger charge is 2.43. The number of aryl methyl sites for hydroxylation is 1. The molecular weight excluding hydrogens is 268 g/mol. The third-order valence-electron chi connectivity index (χ3n) is 4.58. The average Bonchev–Trinajstić information content (AvgIpc) is 2.98. The van der Waals surface area contributed by atoms with Gasteiger partial charge in [-0.05, 0) is 19.8 Å². The van der Waals surface area contributed by atoms with Gasteiger partial charge in [-0.15, -0.1) is 0 Å². The number of fused-ring (bicyclic) bond motifs is 6. The Hall–Kier alpha value is -1.95. The molecule has 0 aliphatic carbocycles. The zero-order chi connectivity index (χ0) is 14.6. The topological polar surface area (TPSA) is 59.7 Å². The van der Waals surface area contributed by atoms with Crippen LogP contribution in [0.25, 0.3) is 5.65 Å². The summed E-state index contributed by atoms with van der Waals surface area (Å²) < 4.78 is 6.97. The highest BCUT2D eigenvalue weighted by molar-refractivity contribution is 5.79. The van der Waals surface area contributed by atoms with E-state index in [1.807, 2.05) is 28.6 Å². The maximum absolute atomic E-state index is 12.3. The molecule has 0 saturated carbocycles. The van der Waals surface area contributed by atoms with E-state index in [4.69, 9.17) is 4.74 Å². The Morgan fingerprint density at radius 2 is 2.33 bits per heavy atom. The molecule has 2 aliphatic rings. The Kier molecular flexibility index (Phi) is 2.75. The monoisotopic (exact) mass is 286 g/mol. The van der Waals surface area contributed by atoms with Crippen molar-refractivity contribution in [3.63, 3.8) is 0 Å². The molecule has 0 radical (unpaired) electrons. The maximum atomic E-state index is 12.3. The summed E-state index contributed by atoms with van der Waals surface area (Å²) in [7, 11) is 1.56. The number of methoxy groups -OCH3 is 1. The van der Waals surface area contributed by atoms with Crippen molar-refractivity contribution in [1.29, 1.82) is 0 Å². The molecule has 6 heteroatoms. The largest absolute Gasteiger partial charge is 0.375 e. The maximum Gasteiger partial charge on any atom is 0.249 e. The van der Waals surface area contributed by atoms with Crippen molar-refractivity contribution < 1.29 is 9.53 Å². The van der Waals surface area contributed by atoms with Crippen molar-refractivity contribution in [3.8, 4) is 0 Å². The predicted molar refractivity (Wildman–Crippen MR) is 75.9 cm³/mol. The highest BCUT2D eigenvalue weighted by atomic mass is 16.5. The SMILES string of the molecule is COCC(=O)N1C2CCC1c1cnc3cc(C)nn3c1C2. The van der Waals surface area contributed by atoms with E-state index in [0.29, 0.717) is 0 Å². The van der Waals surface area contributed by atoms with Gasteiger partial charge in [0.25, 0.3) is 0 Å². The number of hydrogen-bond donors (Lipinski definition) is 0. The molecule has 2 unspecified atom stereocenters. The average molecular weight is 286 g/mol. The van der Waals surface area contributed by atoms with E-state index in [2.05, 4.69) is 10.1 Å². The predicted octanol–water partition coefficient (Wildman–Crippen LogP) is 1.27.